The van der Waals surface area contributed by atoms with Crippen molar-refractivity contribution in [2.24, 2.45) is 0 Å². The molecule has 0 spiro atoms. The summed E-state index contributed by atoms with van der Waals surface area (Å²) in [4.78, 5) is 7.55. The predicted molar refractivity (Wildman–Crippen MR) is 65.5 cm³/mol. The number of fused-ring (bicyclic) bond motifs is 1. The molecule has 0 bridgehead atoms. The Balaban J connectivity index is 2.09. The standard InChI is InChI=1S/C13H15N3/c1-9-5-10(7-14-6-9)12-8-16-13-11(12)3-2-4-15-13/h2-5,8,10,14H,6-7H2,1H3,(H,15,16). The van der Waals surface area contributed by atoms with E-state index in [9.17, 15) is 0 Å². The van der Waals surface area contributed by atoms with Gasteiger partial charge in [0.1, 0.15) is 5.65 Å². The molecule has 3 rings (SSSR count). The second kappa shape index (κ2) is 3.76. The van der Waals surface area contributed by atoms with Gasteiger partial charge in [-0.25, -0.2) is 4.98 Å². The normalized spacial score (nSPS) is 21.1. The van der Waals surface area contributed by atoms with Crippen LogP contribution < -0.4 is 5.32 Å². The highest BCUT2D eigenvalue weighted by molar-refractivity contribution is 5.80. The molecule has 0 radical (unpaired) electrons. The van der Waals surface area contributed by atoms with Crippen molar-refractivity contribution < 1.29 is 0 Å². The molecule has 1 atom stereocenters. The van der Waals surface area contributed by atoms with E-state index >= 15 is 0 Å². The Bertz CT molecular complexity index is 539. The van der Waals surface area contributed by atoms with Gasteiger partial charge in [-0.15, -0.1) is 0 Å². The van der Waals surface area contributed by atoms with Gasteiger partial charge in [0, 0.05) is 36.8 Å². The van der Waals surface area contributed by atoms with Crippen LogP contribution in [0, 0.1) is 0 Å². The minimum Gasteiger partial charge on any atom is -0.346 e. The lowest BCUT2D eigenvalue weighted by atomic mass is 9.94. The van der Waals surface area contributed by atoms with Crippen LogP contribution in [0.5, 0.6) is 0 Å². The zero-order chi connectivity index (χ0) is 11.0. The summed E-state index contributed by atoms with van der Waals surface area (Å²) in [5, 5.41) is 4.67. The first-order valence-electron chi connectivity index (χ1n) is 5.64. The van der Waals surface area contributed by atoms with Gasteiger partial charge in [-0.1, -0.05) is 11.6 Å². The van der Waals surface area contributed by atoms with E-state index in [-0.39, 0.29) is 0 Å². The first kappa shape index (κ1) is 9.60. The van der Waals surface area contributed by atoms with Crippen molar-refractivity contribution in [3.63, 3.8) is 0 Å². The number of nitrogens with zero attached hydrogens (tertiary/aromatic N) is 1. The Morgan fingerprint density at radius 1 is 1.44 bits per heavy atom. The lowest BCUT2D eigenvalue weighted by molar-refractivity contribution is 0.645. The average molecular weight is 213 g/mol. The van der Waals surface area contributed by atoms with Crippen LogP contribution in [-0.4, -0.2) is 23.1 Å². The summed E-state index contributed by atoms with van der Waals surface area (Å²) in [5.41, 5.74) is 3.73. The van der Waals surface area contributed by atoms with Crippen LogP contribution >= 0.6 is 0 Å². The van der Waals surface area contributed by atoms with E-state index in [2.05, 4.69) is 40.5 Å². The number of rotatable bonds is 1. The van der Waals surface area contributed by atoms with Gasteiger partial charge in [-0.05, 0) is 24.6 Å². The predicted octanol–water partition coefficient (Wildman–Crippen LogP) is 2.20. The largest absolute Gasteiger partial charge is 0.346 e. The zero-order valence-corrected chi connectivity index (χ0v) is 9.33. The smallest absolute Gasteiger partial charge is 0.137 e. The minimum atomic E-state index is 0.465. The molecule has 3 heteroatoms. The van der Waals surface area contributed by atoms with Gasteiger partial charge in [-0.3, -0.25) is 0 Å². The van der Waals surface area contributed by atoms with Crippen LogP contribution in [0.3, 0.4) is 0 Å². The van der Waals surface area contributed by atoms with Gasteiger partial charge in [0.05, 0.1) is 0 Å². The summed E-state index contributed by atoms with van der Waals surface area (Å²) in [6.07, 6.45) is 6.26. The third kappa shape index (κ3) is 1.53. The number of hydrogen-bond donors (Lipinski definition) is 2. The van der Waals surface area contributed by atoms with E-state index in [0.29, 0.717) is 5.92 Å². The molecule has 2 N–H and O–H groups in total. The fourth-order valence-electron chi connectivity index (χ4n) is 2.37. The lowest BCUT2D eigenvalue weighted by Gasteiger charge is -2.20. The SMILES string of the molecule is CC1=CC(c2c[nH]c3ncccc23)CNC1. The number of hydrogen-bond acceptors (Lipinski definition) is 2. The molecular formula is C13H15N3. The summed E-state index contributed by atoms with van der Waals surface area (Å²) in [5.74, 6) is 0.465. The Morgan fingerprint density at radius 2 is 2.38 bits per heavy atom. The van der Waals surface area contributed by atoms with E-state index in [4.69, 9.17) is 0 Å². The van der Waals surface area contributed by atoms with Gasteiger partial charge < -0.3 is 10.3 Å². The first-order valence-corrected chi connectivity index (χ1v) is 5.64. The van der Waals surface area contributed by atoms with E-state index in [1.165, 1.54) is 16.5 Å². The van der Waals surface area contributed by atoms with Gasteiger partial charge >= 0.3 is 0 Å². The summed E-state index contributed by atoms with van der Waals surface area (Å²) in [7, 11) is 0. The van der Waals surface area contributed by atoms with Crippen LogP contribution in [0.25, 0.3) is 11.0 Å². The summed E-state index contributed by atoms with van der Waals surface area (Å²) < 4.78 is 0. The molecule has 1 unspecified atom stereocenters. The van der Waals surface area contributed by atoms with Gasteiger partial charge in [-0.2, -0.15) is 0 Å². The van der Waals surface area contributed by atoms with E-state index in [1.807, 2.05) is 12.3 Å². The molecule has 1 aliphatic rings. The first-order chi connectivity index (χ1) is 7.84. The summed E-state index contributed by atoms with van der Waals surface area (Å²) in [6, 6.07) is 4.12. The number of aromatic amines is 1. The van der Waals surface area contributed by atoms with Crippen LogP contribution in [0.1, 0.15) is 18.4 Å². The van der Waals surface area contributed by atoms with Crippen molar-refractivity contribution in [3.8, 4) is 0 Å². The van der Waals surface area contributed by atoms with Crippen LogP contribution in [0.4, 0.5) is 0 Å². The summed E-state index contributed by atoms with van der Waals surface area (Å²) >= 11 is 0. The monoisotopic (exact) mass is 213 g/mol. The van der Waals surface area contributed by atoms with Crippen LogP contribution in [0.2, 0.25) is 0 Å². The van der Waals surface area contributed by atoms with Crippen molar-refractivity contribution in [3.05, 3.63) is 41.7 Å². The van der Waals surface area contributed by atoms with E-state index in [1.54, 1.807) is 0 Å². The molecule has 1 aliphatic heterocycles. The molecule has 0 aromatic carbocycles. The molecule has 2 aromatic heterocycles. The summed E-state index contributed by atoms with van der Waals surface area (Å²) in [6.45, 7) is 4.20. The van der Waals surface area contributed by atoms with Gasteiger partial charge in [0.15, 0.2) is 0 Å². The third-order valence-corrected chi connectivity index (χ3v) is 3.14. The Hall–Kier alpha value is -1.61. The zero-order valence-electron chi connectivity index (χ0n) is 9.33. The van der Waals surface area contributed by atoms with E-state index in [0.717, 1.165) is 18.7 Å². The second-order valence-electron chi connectivity index (χ2n) is 4.39. The second-order valence-corrected chi connectivity index (χ2v) is 4.39. The van der Waals surface area contributed by atoms with E-state index < -0.39 is 0 Å². The van der Waals surface area contributed by atoms with Crippen molar-refractivity contribution in [2.75, 3.05) is 13.1 Å². The molecule has 0 saturated carbocycles. The lowest BCUT2D eigenvalue weighted by Crippen LogP contribution is -2.27. The molecule has 0 aliphatic carbocycles. The molecule has 3 heterocycles. The minimum absolute atomic E-state index is 0.465. The molecule has 82 valence electrons. The number of nitrogens with one attached hydrogen (secondary N) is 2. The molecule has 16 heavy (non-hydrogen) atoms. The highest BCUT2D eigenvalue weighted by Crippen LogP contribution is 2.27. The topological polar surface area (TPSA) is 40.7 Å². The molecule has 0 amide bonds. The van der Waals surface area contributed by atoms with Gasteiger partial charge in [0.25, 0.3) is 0 Å². The number of aromatic nitrogens is 2. The maximum atomic E-state index is 4.32. The average Bonchev–Trinajstić information content (AvgIpc) is 2.72. The quantitative estimate of drug-likeness (QED) is 0.713. The molecule has 0 fully saturated rings. The Morgan fingerprint density at radius 3 is 3.25 bits per heavy atom. The maximum Gasteiger partial charge on any atom is 0.137 e. The Kier molecular flexibility index (Phi) is 2.26. The maximum absolute atomic E-state index is 4.32. The number of pyridine rings is 1. The van der Waals surface area contributed by atoms with Crippen LogP contribution in [-0.2, 0) is 0 Å². The van der Waals surface area contributed by atoms with Crippen molar-refractivity contribution >= 4 is 11.0 Å². The Labute approximate surface area is 94.6 Å². The number of H-pyrrole nitrogens is 1. The molecule has 3 nitrogen and oxygen atoms in total. The van der Waals surface area contributed by atoms with Crippen molar-refractivity contribution in [1.82, 2.24) is 15.3 Å². The third-order valence-electron chi connectivity index (χ3n) is 3.14. The highest BCUT2D eigenvalue weighted by Gasteiger charge is 2.16. The van der Waals surface area contributed by atoms with Crippen molar-refractivity contribution in [1.29, 1.82) is 0 Å². The van der Waals surface area contributed by atoms with Crippen LogP contribution in [0.15, 0.2) is 36.2 Å². The fourth-order valence-corrected chi connectivity index (χ4v) is 2.37. The van der Waals surface area contributed by atoms with Gasteiger partial charge in [0.2, 0.25) is 0 Å². The van der Waals surface area contributed by atoms with Crippen molar-refractivity contribution in [2.45, 2.75) is 12.8 Å². The molecular weight excluding hydrogens is 198 g/mol. The molecule has 0 saturated heterocycles. The fraction of sp³-hybridized carbons (Fsp3) is 0.308. The highest BCUT2D eigenvalue weighted by atomic mass is 14.9. The molecule has 2 aromatic rings.